The number of hydrogen-bond acceptors (Lipinski definition) is 2. The van der Waals surface area contributed by atoms with Crippen LogP contribution in [0.25, 0.3) is 6.08 Å². The third kappa shape index (κ3) is 3.81. The molecule has 0 radical (unpaired) electrons. The summed E-state index contributed by atoms with van der Waals surface area (Å²) in [5, 5.41) is 10.5. The number of rotatable bonds is 4. The van der Waals surface area contributed by atoms with Crippen molar-refractivity contribution in [3.63, 3.8) is 0 Å². The van der Waals surface area contributed by atoms with Crippen molar-refractivity contribution >= 4 is 17.5 Å². The van der Waals surface area contributed by atoms with E-state index in [1.165, 1.54) is 0 Å². The lowest BCUT2D eigenvalue weighted by molar-refractivity contribution is 1.50. The molecule has 2 nitrogen and oxygen atoms in total. The van der Waals surface area contributed by atoms with Crippen molar-refractivity contribution in [2.45, 2.75) is 13.8 Å². The Hall–Kier alpha value is -1.83. The van der Waals surface area contributed by atoms with Crippen molar-refractivity contribution < 1.29 is 0 Å². The Labute approximate surface area is 90.8 Å². The zero-order chi connectivity index (χ0) is 11.1. The van der Waals surface area contributed by atoms with E-state index in [4.69, 9.17) is 5.41 Å². The molecule has 78 valence electrons. The van der Waals surface area contributed by atoms with E-state index in [-0.39, 0.29) is 0 Å². The Bertz CT molecular complexity index is 389. The minimum atomic E-state index is 0.552. The van der Waals surface area contributed by atoms with Gasteiger partial charge in [-0.3, -0.25) is 0 Å². The molecule has 0 spiro atoms. The molecule has 1 aromatic carbocycles. The first kappa shape index (κ1) is 11.2. The minimum absolute atomic E-state index is 0.552. The van der Waals surface area contributed by atoms with E-state index in [9.17, 15) is 0 Å². The second-order valence-electron chi connectivity index (χ2n) is 3.25. The number of anilines is 1. The van der Waals surface area contributed by atoms with E-state index < -0.39 is 0 Å². The average Bonchev–Trinajstić information content (AvgIpc) is 2.24. The molecule has 0 saturated heterocycles. The molecule has 1 rings (SSSR count). The molecule has 0 amide bonds. The SMILES string of the molecule is C/C=C\Nc1ccccc1/C=C\C(C)=N. The van der Waals surface area contributed by atoms with E-state index in [1.807, 2.05) is 49.5 Å². The maximum Gasteiger partial charge on any atom is 0.0453 e. The lowest BCUT2D eigenvalue weighted by Gasteiger charge is -2.04. The highest BCUT2D eigenvalue weighted by atomic mass is 14.8. The van der Waals surface area contributed by atoms with Gasteiger partial charge in [0.15, 0.2) is 0 Å². The van der Waals surface area contributed by atoms with Crippen molar-refractivity contribution in [1.82, 2.24) is 0 Å². The standard InChI is InChI=1S/C13H16N2/c1-3-10-15-13-7-5-4-6-12(13)9-8-11(2)14/h3-10,14-15H,1-2H3/b9-8-,10-3-,14-11?. The summed E-state index contributed by atoms with van der Waals surface area (Å²) in [7, 11) is 0. The van der Waals surface area contributed by atoms with Gasteiger partial charge in [0.05, 0.1) is 0 Å². The van der Waals surface area contributed by atoms with Crippen molar-refractivity contribution in [2.75, 3.05) is 5.32 Å². The highest BCUT2D eigenvalue weighted by molar-refractivity contribution is 5.94. The van der Waals surface area contributed by atoms with Crippen LogP contribution < -0.4 is 5.32 Å². The molecular weight excluding hydrogens is 184 g/mol. The van der Waals surface area contributed by atoms with Gasteiger partial charge in [-0.25, -0.2) is 0 Å². The largest absolute Gasteiger partial charge is 0.362 e. The normalized spacial score (nSPS) is 11.1. The fourth-order valence-corrected chi connectivity index (χ4v) is 1.16. The van der Waals surface area contributed by atoms with Crippen LogP contribution in [0.15, 0.2) is 42.6 Å². The van der Waals surface area contributed by atoms with Crippen LogP contribution in [-0.4, -0.2) is 5.71 Å². The monoisotopic (exact) mass is 200 g/mol. The topological polar surface area (TPSA) is 35.9 Å². The van der Waals surface area contributed by atoms with E-state index >= 15 is 0 Å². The van der Waals surface area contributed by atoms with Gasteiger partial charge >= 0.3 is 0 Å². The van der Waals surface area contributed by atoms with Gasteiger partial charge in [-0.15, -0.1) is 0 Å². The molecule has 0 heterocycles. The van der Waals surface area contributed by atoms with Gasteiger partial charge in [0.2, 0.25) is 0 Å². The third-order valence-corrected chi connectivity index (χ3v) is 1.88. The van der Waals surface area contributed by atoms with Crippen LogP contribution in [0.3, 0.4) is 0 Å². The molecule has 0 bridgehead atoms. The first-order valence-corrected chi connectivity index (χ1v) is 4.94. The Morgan fingerprint density at radius 3 is 2.73 bits per heavy atom. The summed E-state index contributed by atoms with van der Waals surface area (Å²) in [6.45, 7) is 3.73. The van der Waals surface area contributed by atoms with E-state index in [1.54, 1.807) is 13.0 Å². The van der Waals surface area contributed by atoms with Gasteiger partial charge in [0, 0.05) is 11.4 Å². The number of hydrogen-bond donors (Lipinski definition) is 2. The van der Waals surface area contributed by atoms with Crippen LogP contribution in [-0.2, 0) is 0 Å². The molecule has 0 aliphatic rings. The zero-order valence-corrected chi connectivity index (χ0v) is 9.12. The molecule has 0 aliphatic carbocycles. The summed E-state index contributed by atoms with van der Waals surface area (Å²) in [6, 6.07) is 8.00. The molecule has 2 heteroatoms. The van der Waals surface area contributed by atoms with Crippen LogP contribution in [0.2, 0.25) is 0 Å². The summed E-state index contributed by atoms with van der Waals surface area (Å²) in [6.07, 6.45) is 7.57. The molecule has 2 N–H and O–H groups in total. The molecule has 0 aliphatic heterocycles. The molecular formula is C13H16N2. The van der Waals surface area contributed by atoms with Crippen LogP contribution in [0.5, 0.6) is 0 Å². The predicted octanol–water partition coefficient (Wildman–Crippen LogP) is 3.68. The van der Waals surface area contributed by atoms with Gasteiger partial charge in [-0.2, -0.15) is 0 Å². The summed E-state index contributed by atoms with van der Waals surface area (Å²) < 4.78 is 0. The minimum Gasteiger partial charge on any atom is -0.362 e. The molecule has 0 saturated carbocycles. The van der Waals surface area contributed by atoms with Crippen LogP contribution >= 0.6 is 0 Å². The Morgan fingerprint density at radius 1 is 1.33 bits per heavy atom. The highest BCUT2D eigenvalue weighted by Gasteiger charge is 1.94. The van der Waals surface area contributed by atoms with Crippen molar-refractivity contribution in [2.24, 2.45) is 0 Å². The lowest BCUT2D eigenvalue weighted by atomic mass is 10.1. The fraction of sp³-hybridized carbons (Fsp3) is 0.154. The van der Waals surface area contributed by atoms with Gasteiger partial charge in [0.25, 0.3) is 0 Å². The maximum absolute atomic E-state index is 7.33. The number of nitrogens with one attached hydrogen (secondary N) is 2. The van der Waals surface area contributed by atoms with Crippen LogP contribution in [0, 0.1) is 5.41 Å². The van der Waals surface area contributed by atoms with Crippen molar-refractivity contribution in [3.8, 4) is 0 Å². The molecule has 1 aromatic rings. The third-order valence-electron chi connectivity index (χ3n) is 1.88. The molecule has 0 unspecified atom stereocenters. The van der Waals surface area contributed by atoms with Crippen LogP contribution in [0.1, 0.15) is 19.4 Å². The zero-order valence-electron chi connectivity index (χ0n) is 9.12. The summed E-state index contributed by atoms with van der Waals surface area (Å²) in [5.41, 5.74) is 2.69. The number of benzene rings is 1. The molecule has 15 heavy (non-hydrogen) atoms. The Balaban J connectivity index is 2.90. The van der Waals surface area contributed by atoms with Crippen molar-refractivity contribution in [3.05, 3.63) is 48.2 Å². The highest BCUT2D eigenvalue weighted by Crippen LogP contribution is 2.16. The second-order valence-corrected chi connectivity index (χ2v) is 3.25. The first-order valence-electron chi connectivity index (χ1n) is 4.94. The average molecular weight is 200 g/mol. The molecule has 0 atom stereocenters. The second kappa shape index (κ2) is 5.81. The summed E-state index contributed by atoms with van der Waals surface area (Å²) in [4.78, 5) is 0. The van der Waals surface area contributed by atoms with Gasteiger partial charge < -0.3 is 10.7 Å². The quantitative estimate of drug-likeness (QED) is 0.714. The Morgan fingerprint density at radius 2 is 2.07 bits per heavy atom. The van der Waals surface area contributed by atoms with E-state index in [2.05, 4.69) is 5.32 Å². The van der Waals surface area contributed by atoms with E-state index in [0.29, 0.717) is 5.71 Å². The smallest absolute Gasteiger partial charge is 0.0453 e. The van der Waals surface area contributed by atoms with E-state index in [0.717, 1.165) is 11.3 Å². The molecule has 0 fully saturated rings. The lowest BCUT2D eigenvalue weighted by Crippen LogP contribution is -1.90. The Kier molecular flexibility index (Phi) is 4.35. The fourth-order valence-electron chi connectivity index (χ4n) is 1.16. The summed E-state index contributed by atoms with van der Waals surface area (Å²) in [5.74, 6) is 0. The number of allylic oxidation sites excluding steroid dienone is 2. The number of para-hydroxylation sites is 1. The van der Waals surface area contributed by atoms with Crippen molar-refractivity contribution in [1.29, 1.82) is 5.41 Å². The summed E-state index contributed by atoms with van der Waals surface area (Å²) >= 11 is 0. The van der Waals surface area contributed by atoms with Gasteiger partial charge in [-0.05, 0) is 37.8 Å². The van der Waals surface area contributed by atoms with Gasteiger partial charge in [-0.1, -0.05) is 30.4 Å². The van der Waals surface area contributed by atoms with Crippen LogP contribution in [0.4, 0.5) is 5.69 Å². The maximum atomic E-state index is 7.33. The predicted molar refractivity (Wildman–Crippen MR) is 67.3 cm³/mol. The first-order chi connectivity index (χ1) is 7.24. The van der Waals surface area contributed by atoms with Gasteiger partial charge in [0.1, 0.15) is 0 Å². The molecule has 0 aromatic heterocycles.